The van der Waals surface area contributed by atoms with Gasteiger partial charge in [-0.2, -0.15) is 0 Å². The Balaban J connectivity index is 1.42. The highest BCUT2D eigenvalue weighted by Gasteiger charge is 2.36. The van der Waals surface area contributed by atoms with Crippen molar-refractivity contribution in [3.63, 3.8) is 0 Å². The van der Waals surface area contributed by atoms with Crippen LogP contribution in [-0.2, 0) is 4.79 Å². The molecule has 1 unspecified atom stereocenters. The van der Waals surface area contributed by atoms with Crippen molar-refractivity contribution < 1.29 is 9.59 Å². The predicted molar refractivity (Wildman–Crippen MR) is 118 cm³/mol. The van der Waals surface area contributed by atoms with Gasteiger partial charge in [-0.05, 0) is 44.0 Å². The first kappa shape index (κ1) is 20.6. The number of benzene rings is 2. The van der Waals surface area contributed by atoms with Crippen LogP contribution in [0.25, 0.3) is 0 Å². The summed E-state index contributed by atoms with van der Waals surface area (Å²) in [7, 11) is 2.12. The molecule has 158 valence electrons. The van der Waals surface area contributed by atoms with Crippen LogP contribution in [0, 0.1) is 12.8 Å². The molecule has 2 fully saturated rings. The van der Waals surface area contributed by atoms with E-state index >= 15 is 0 Å². The molecule has 2 heterocycles. The number of nitrogens with zero attached hydrogens (tertiary/aromatic N) is 3. The van der Waals surface area contributed by atoms with Crippen molar-refractivity contribution in [2.45, 2.75) is 25.8 Å². The molecule has 2 saturated heterocycles. The summed E-state index contributed by atoms with van der Waals surface area (Å²) < 4.78 is 0. The van der Waals surface area contributed by atoms with E-state index in [1.54, 1.807) is 0 Å². The second-order valence-electron chi connectivity index (χ2n) is 8.60. The Hall–Kier alpha value is -2.66. The van der Waals surface area contributed by atoms with Gasteiger partial charge in [-0.25, -0.2) is 0 Å². The molecule has 4 rings (SSSR count). The maximum atomic E-state index is 13.4. The van der Waals surface area contributed by atoms with Crippen LogP contribution < -0.4 is 0 Å². The first-order chi connectivity index (χ1) is 14.5. The number of hydrogen-bond donors (Lipinski definition) is 0. The van der Waals surface area contributed by atoms with E-state index in [0.29, 0.717) is 13.1 Å². The molecule has 5 nitrogen and oxygen atoms in total. The van der Waals surface area contributed by atoms with E-state index in [9.17, 15) is 9.59 Å². The Bertz CT molecular complexity index is 890. The highest BCUT2D eigenvalue weighted by atomic mass is 16.2. The maximum absolute atomic E-state index is 13.4. The molecule has 0 saturated carbocycles. The van der Waals surface area contributed by atoms with Gasteiger partial charge in [0.2, 0.25) is 5.91 Å². The smallest absolute Gasteiger partial charge is 0.254 e. The summed E-state index contributed by atoms with van der Waals surface area (Å²) >= 11 is 0. The summed E-state index contributed by atoms with van der Waals surface area (Å²) in [5.41, 5.74) is 2.97. The first-order valence-electron chi connectivity index (χ1n) is 10.9. The molecule has 0 bridgehead atoms. The molecule has 0 aliphatic carbocycles. The van der Waals surface area contributed by atoms with E-state index in [0.717, 1.165) is 43.6 Å². The molecule has 0 N–H and O–H groups in total. The quantitative estimate of drug-likeness (QED) is 0.787. The first-order valence-corrected chi connectivity index (χ1v) is 10.9. The number of carbonyl (C=O) groups excluding carboxylic acids is 2. The average Bonchev–Trinajstić information content (AvgIpc) is 2.79. The van der Waals surface area contributed by atoms with Crippen LogP contribution in [0.4, 0.5) is 0 Å². The number of rotatable bonds is 3. The van der Waals surface area contributed by atoms with Gasteiger partial charge in [0.25, 0.3) is 5.91 Å². The Morgan fingerprint density at radius 2 is 1.53 bits per heavy atom. The van der Waals surface area contributed by atoms with Gasteiger partial charge in [-0.15, -0.1) is 0 Å². The van der Waals surface area contributed by atoms with Crippen molar-refractivity contribution in [2.24, 2.45) is 5.92 Å². The lowest BCUT2D eigenvalue weighted by atomic mass is 9.92. The van der Waals surface area contributed by atoms with Crippen LogP contribution in [0.15, 0.2) is 54.6 Å². The van der Waals surface area contributed by atoms with Crippen molar-refractivity contribution in [3.05, 3.63) is 71.3 Å². The van der Waals surface area contributed by atoms with Crippen molar-refractivity contribution in [3.8, 4) is 0 Å². The van der Waals surface area contributed by atoms with Gasteiger partial charge in [-0.3, -0.25) is 9.59 Å². The fraction of sp³-hybridized carbons (Fsp3) is 0.440. The standard InChI is InChI=1S/C25H31N3O2/c1-19-8-6-7-11-22(19)25(30)27-14-12-21(13-15-27)24(29)28-17-16-26(2)18-23(28)20-9-4-3-5-10-20/h3-11,21,23H,12-18H2,1-2H3. The monoisotopic (exact) mass is 405 g/mol. The number of piperidine rings is 1. The molecule has 0 spiro atoms. The number of carbonyl (C=O) groups is 2. The molecule has 0 radical (unpaired) electrons. The van der Waals surface area contributed by atoms with E-state index in [4.69, 9.17) is 0 Å². The van der Waals surface area contributed by atoms with E-state index in [1.807, 2.05) is 54.3 Å². The minimum Gasteiger partial charge on any atom is -0.339 e. The lowest BCUT2D eigenvalue weighted by Gasteiger charge is -2.43. The molecule has 2 amide bonds. The lowest BCUT2D eigenvalue weighted by Crippen LogP contribution is -2.52. The zero-order chi connectivity index (χ0) is 21.1. The van der Waals surface area contributed by atoms with Gasteiger partial charge >= 0.3 is 0 Å². The Kier molecular flexibility index (Phi) is 6.18. The van der Waals surface area contributed by atoms with Crippen molar-refractivity contribution in [2.75, 3.05) is 39.8 Å². The highest BCUT2D eigenvalue weighted by molar-refractivity contribution is 5.95. The van der Waals surface area contributed by atoms with E-state index in [2.05, 4.69) is 29.0 Å². The number of likely N-dealkylation sites (N-methyl/N-ethyl adjacent to an activating group) is 1. The van der Waals surface area contributed by atoms with Crippen LogP contribution in [-0.4, -0.2) is 66.3 Å². The highest BCUT2D eigenvalue weighted by Crippen LogP contribution is 2.29. The van der Waals surface area contributed by atoms with Gasteiger partial charge in [0.05, 0.1) is 6.04 Å². The van der Waals surface area contributed by atoms with Crippen molar-refractivity contribution in [1.82, 2.24) is 14.7 Å². The minimum atomic E-state index is 0.000499. The predicted octanol–water partition coefficient (Wildman–Crippen LogP) is 3.36. The molecule has 2 aliphatic heterocycles. The second-order valence-corrected chi connectivity index (χ2v) is 8.60. The summed E-state index contributed by atoms with van der Waals surface area (Å²) in [6.45, 7) is 5.79. The van der Waals surface area contributed by atoms with Gasteiger partial charge in [0.1, 0.15) is 0 Å². The third kappa shape index (κ3) is 4.26. The number of piperazine rings is 1. The third-order valence-corrected chi connectivity index (χ3v) is 6.56. The number of aryl methyl sites for hydroxylation is 1. The molecule has 30 heavy (non-hydrogen) atoms. The fourth-order valence-electron chi connectivity index (χ4n) is 4.69. The van der Waals surface area contributed by atoms with Crippen LogP contribution in [0.5, 0.6) is 0 Å². The summed E-state index contributed by atoms with van der Waals surface area (Å²) in [5, 5.41) is 0. The normalized spacial score (nSPS) is 20.9. The molecular weight excluding hydrogens is 374 g/mol. The van der Waals surface area contributed by atoms with Crippen molar-refractivity contribution in [1.29, 1.82) is 0 Å². The summed E-state index contributed by atoms with van der Waals surface area (Å²) in [5.74, 6) is 0.334. The maximum Gasteiger partial charge on any atom is 0.254 e. The fourth-order valence-corrected chi connectivity index (χ4v) is 4.69. The van der Waals surface area contributed by atoms with Gasteiger partial charge in [0.15, 0.2) is 0 Å². The largest absolute Gasteiger partial charge is 0.339 e. The third-order valence-electron chi connectivity index (χ3n) is 6.56. The minimum absolute atomic E-state index is 0.000499. The lowest BCUT2D eigenvalue weighted by molar-refractivity contribution is -0.142. The second kappa shape index (κ2) is 9.00. The zero-order valence-electron chi connectivity index (χ0n) is 18.0. The van der Waals surface area contributed by atoms with Gasteiger partial charge < -0.3 is 14.7 Å². The molecule has 2 aromatic rings. The SMILES string of the molecule is Cc1ccccc1C(=O)N1CCC(C(=O)N2CCN(C)CC2c2ccccc2)CC1. The van der Waals surface area contributed by atoms with Gasteiger partial charge in [0, 0.05) is 44.2 Å². The average molecular weight is 406 g/mol. The molecule has 2 aliphatic rings. The van der Waals surface area contributed by atoms with E-state index < -0.39 is 0 Å². The summed E-state index contributed by atoms with van der Waals surface area (Å²) in [4.78, 5) is 32.6. The summed E-state index contributed by atoms with van der Waals surface area (Å²) in [6, 6.07) is 18.2. The number of likely N-dealkylation sites (tertiary alicyclic amines) is 1. The Morgan fingerprint density at radius 1 is 0.867 bits per heavy atom. The summed E-state index contributed by atoms with van der Waals surface area (Å²) in [6.07, 6.45) is 1.48. The van der Waals surface area contributed by atoms with E-state index in [-0.39, 0.29) is 23.8 Å². The van der Waals surface area contributed by atoms with Crippen LogP contribution in [0.2, 0.25) is 0 Å². The van der Waals surface area contributed by atoms with Crippen LogP contribution in [0.3, 0.4) is 0 Å². The molecule has 5 heteroatoms. The molecule has 2 aromatic carbocycles. The zero-order valence-corrected chi connectivity index (χ0v) is 18.0. The van der Waals surface area contributed by atoms with Gasteiger partial charge in [-0.1, -0.05) is 48.5 Å². The van der Waals surface area contributed by atoms with Crippen molar-refractivity contribution >= 4 is 11.8 Å². The number of hydrogen-bond acceptors (Lipinski definition) is 3. The van der Waals surface area contributed by atoms with Crippen LogP contribution in [0.1, 0.15) is 40.4 Å². The molecule has 1 atom stereocenters. The molecular formula is C25H31N3O2. The van der Waals surface area contributed by atoms with Crippen LogP contribution >= 0.6 is 0 Å². The molecule has 0 aromatic heterocycles. The van der Waals surface area contributed by atoms with E-state index in [1.165, 1.54) is 5.56 Å². The topological polar surface area (TPSA) is 43.9 Å². The Morgan fingerprint density at radius 3 is 2.23 bits per heavy atom. The number of amides is 2. The Labute approximate surface area is 179 Å².